The van der Waals surface area contributed by atoms with Gasteiger partial charge in [-0.05, 0) is 39.3 Å². The molecule has 0 saturated carbocycles. The van der Waals surface area contributed by atoms with Crippen LogP contribution in [0, 0.1) is 0 Å². The normalized spacial score (nSPS) is 12.3. The van der Waals surface area contributed by atoms with Crippen molar-refractivity contribution >= 4 is 27.4 Å². The zero-order valence-electron chi connectivity index (χ0n) is 12.5. The Morgan fingerprint density at radius 2 is 2.15 bits per heavy atom. The number of hydrogen-bond acceptors (Lipinski definition) is 6. The van der Waals surface area contributed by atoms with E-state index in [2.05, 4.69) is 22.2 Å². The lowest BCUT2D eigenvalue weighted by Crippen LogP contribution is -2.36. The third kappa shape index (κ3) is 3.88. The van der Waals surface area contributed by atoms with E-state index in [1.807, 2.05) is 23.4 Å². The summed E-state index contributed by atoms with van der Waals surface area (Å²) in [4.78, 5) is 12.2. The van der Waals surface area contributed by atoms with E-state index >= 15 is 0 Å². The molecule has 5 nitrogen and oxygen atoms in total. The van der Waals surface area contributed by atoms with E-state index < -0.39 is 5.60 Å². The molecule has 2 rings (SSSR count). The number of fused-ring (bicyclic) bond motifs is 1. The minimum absolute atomic E-state index is 0.579. The molecule has 0 fully saturated rings. The lowest BCUT2D eigenvalue weighted by molar-refractivity contribution is 0.0418. The Balaban J connectivity index is 2.21. The van der Waals surface area contributed by atoms with Gasteiger partial charge in [0.25, 0.3) is 0 Å². The number of likely N-dealkylation sites (N-methyl/N-ethyl adjacent to an activating group) is 1. The Labute approximate surface area is 123 Å². The third-order valence-electron chi connectivity index (χ3n) is 2.78. The summed E-state index contributed by atoms with van der Waals surface area (Å²) in [5.41, 5.74) is -0.716. The number of thiophene rings is 1. The summed E-state index contributed by atoms with van der Waals surface area (Å²) >= 11 is 1.62. The maximum absolute atomic E-state index is 9.85. The largest absolute Gasteiger partial charge is 0.389 e. The van der Waals surface area contributed by atoms with Crippen molar-refractivity contribution in [2.45, 2.75) is 32.9 Å². The van der Waals surface area contributed by atoms with Gasteiger partial charge in [0.15, 0.2) is 0 Å². The van der Waals surface area contributed by atoms with Crippen LogP contribution in [-0.4, -0.2) is 45.7 Å². The molecule has 0 aliphatic rings. The lowest BCUT2D eigenvalue weighted by atomic mass is 10.1. The highest BCUT2D eigenvalue weighted by Gasteiger charge is 2.17. The quantitative estimate of drug-likeness (QED) is 0.856. The average Bonchev–Trinajstić information content (AvgIpc) is 2.74. The highest BCUT2D eigenvalue weighted by Crippen LogP contribution is 2.25. The molecule has 0 radical (unpaired) electrons. The molecular formula is C14H22N4OS. The monoisotopic (exact) mass is 294 g/mol. The number of rotatable bonds is 6. The summed E-state index contributed by atoms with van der Waals surface area (Å²) in [7, 11) is 1.97. The topological polar surface area (TPSA) is 61.3 Å². The molecule has 0 unspecified atom stereocenters. The number of hydrogen-bond donors (Lipinski definition) is 2. The molecule has 2 aromatic rings. The van der Waals surface area contributed by atoms with E-state index in [9.17, 15) is 5.11 Å². The van der Waals surface area contributed by atoms with Crippen molar-refractivity contribution < 1.29 is 5.11 Å². The Hall–Kier alpha value is -1.24. The van der Waals surface area contributed by atoms with Crippen LogP contribution in [0.1, 0.15) is 26.6 Å². The molecule has 0 bridgehead atoms. The van der Waals surface area contributed by atoms with Gasteiger partial charge in [0.05, 0.1) is 17.5 Å². The van der Waals surface area contributed by atoms with Crippen molar-refractivity contribution in [3.8, 4) is 0 Å². The van der Waals surface area contributed by atoms with E-state index in [1.165, 1.54) is 0 Å². The first-order valence-electron chi connectivity index (χ1n) is 6.78. The molecule has 20 heavy (non-hydrogen) atoms. The average molecular weight is 294 g/mol. The zero-order chi connectivity index (χ0) is 14.8. The van der Waals surface area contributed by atoms with Gasteiger partial charge < -0.3 is 10.4 Å². The fraction of sp³-hybridized carbons (Fsp3) is 0.571. The van der Waals surface area contributed by atoms with Crippen molar-refractivity contribution in [3.63, 3.8) is 0 Å². The molecule has 2 aromatic heterocycles. The van der Waals surface area contributed by atoms with Crippen LogP contribution in [0.2, 0.25) is 0 Å². The maximum atomic E-state index is 9.85. The van der Waals surface area contributed by atoms with E-state index in [0.29, 0.717) is 13.1 Å². The molecule has 2 N–H and O–H groups in total. The van der Waals surface area contributed by atoms with Crippen molar-refractivity contribution in [3.05, 3.63) is 17.3 Å². The molecule has 0 amide bonds. The van der Waals surface area contributed by atoms with Gasteiger partial charge in [0, 0.05) is 13.1 Å². The minimum Gasteiger partial charge on any atom is -0.389 e. The van der Waals surface area contributed by atoms with Crippen molar-refractivity contribution in [2.75, 3.05) is 25.5 Å². The Kier molecular flexibility index (Phi) is 4.57. The van der Waals surface area contributed by atoms with Crippen LogP contribution < -0.4 is 5.32 Å². The van der Waals surface area contributed by atoms with Crippen LogP contribution in [0.25, 0.3) is 10.2 Å². The van der Waals surface area contributed by atoms with Crippen molar-refractivity contribution in [1.29, 1.82) is 0 Å². The van der Waals surface area contributed by atoms with E-state index in [0.717, 1.165) is 28.4 Å². The van der Waals surface area contributed by atoms with Gasteiger partial charge in [-0.1, -0.05) is 0 Å². The molecule has 6 heteroatoms. The molecule has 0 saturated heterocycles. The van der Waals surface area contributed by atoms with Crippen LogP contribution in [-0.2, 0) is 6.54 Å². The second-order valence-corrected chi connectivity index (χ2v) is 6.54. The smallest absolute Gasteiger partial charge is 0.146 e. The van der Waals surface area contributed by atoms with E-state index in [-0.39, 0.29) is 0 Å². The Bertz CT molecular complexity index is 576. The van der Waals surface area contributed by atoms with Gasteiger partial charge >= 0.3 is 0 Å². The fourth-order valence-electron chi connectivity index (χ4n) is 2.23. The second-order valence-electron chi connectivity index (χ2n) is 5.64. The SMILES string of the molecule is CCNc1nc(CN(C)CC(C)(C)O)nc2sccc12. The summed E-state index contributed by atoms with van der Waals surface area (Å²) in [5.74, 6) is 1.67. The van der Waals surface area contributed by atoms with Crippen molar-refractivity contribution in [1.82, 2.24) is 14.9 Å². The van der Waals surface area contributed by atoms with Gasteiger partial charge in [-0.15, -0.1) is 11.3 Å². The standard InChI is InChI=1S/C14H22N4OS/c1-5-15-12-10-6-7-20-13(10)17-11(16-12)8-18(4)9-14(2,3)19/h6-7,19H,5,8-9H2,1-4H3,(H,15,16,17). The minimum atomic E-state index is -0.716. The molecule has 0 aromatic carbocycles. The van der Waals surface area contributed by atoms with Gasteiger partial charge in [-0.2, -0.15) is 0 Å². The van der Waals surface area contributed by atoms with Crippen LogP contribution in [0.4, 0.5) is 5.82 Å². The van der Waals surface area contributed by atoms with Gasteiger partial charge in [-0.3, -0.25) is 4.90 Å². The highest BCUT2D eigenvalue weighted by atomic mass is 32.1. The number of aliphatic hydroxyl groups is 1. The van der Waals surface area contributed by atoms with Crippen LogP contribution in [0.5, 0.6) is 0 Å². The summed E-state index contributed by atoms with van der Waals surface area (Å²) in [6, 6.07) is 2.04. The van der Waals surface area contributed by atoms with E-state index in [4.69, 9.17) is 0 Å². The third-order valence-corrected chi connectivity index (χ3v) is 3.59. The first-order valence-corrected chi connectivity index (χ1v) is 7.66. The predicted octanol–water partition coefficient (Wildman–Crippen LogP) is 2.33. The fourth-order valence-corrected chi connectivity index (χ4v) is 3.01. The molecule has 2 heterocycles. The maximum Gasteiger partial charge on any atom is 0.146 e. The van der Waals surface area contributed by atoms with Crippen LogP contribution in [0.15, 0.2) is 11.4 Å². The highest BCUT2D eigenvalue weighted by molar-refractivity contribution is 7.16. The molecule has 0 aliphatic carbocycles. The number of anilines is 1. The van der Waals surface area contributed by atoms with Crippen LogP contribution >= 0.6 is 11.3 Å². The molecule has 0 atom stereocenters. The molecule has 0 aliphatic heterocycles. The van der Waals surface area contributed by atoms with Crippen molar-refractivity contribution in [2.24, 2.45) is 0 Å². The number of aromatic nitrogens is 2. The number of nitrogens with one attached hydrogen (secondary N) is 1. The van der Waals surface area contributed by atoms with E-state index in [1.54, 1.807) is 25.2 Å². The summed E-state index contributed by atoms with van der Waals surface area (Å²) < 4.78 is 0. The first-order chi connectivity index (χ1) is 9.39. The zero-order valence-corrected chi connectivity index (χ0v) is 13.3. The summed E-state index contributed by atoms with van der Waals surface area (Å²) in [6.07, 6.45) is 0. The number of nitrogens with zero attached hydrogens (tertiary/aromatic N) is 3. The summed E-state index contributed by atoms with van der Waals surface area (Å²) in [6.45, 7) is 7.70. The molecule has 0 spiro atoms. The summed E-state index contributed by atoms with van der Waals surface area (Å²) in [5, 5.41) is 16.2. The second kappa shape index (κ2) is 6.03. The first kappa shape index (κ1) is 15.2. The Morgan fingerprint density at radius 3 is 2.80 bits per heavy atom. The Morgan fingerprint density at radius 1 is 1.40 bits per heavy atom. The van der Waals surface area contributed by atoms with Gasteiger partial charge in [0.2, 0.25) is 0 Å². The molecular weight excluding hydrogens is 272 g/mol. The van der Waals surface area contributed by atoms with Crippen LogP contribution in [0.3, 0.4) is 0 Å². The lowest BCUT2D eigenvalue weighted by Gasteiger charge is -2.24. The van der Waals surface area contributed by atoms with Gasteiger partial charge in [0.1, 0.15) is 16.5 Å². The van der Waals surface area contributed by atoms with Gasteiger partial charge in [-0.25, -0.2) is 9.97 Å². The predicted molar refractivity (Wildman–Crippen MR) is 84.2 cm³/mol. The molecule has 110 valence electrons.